The second kappa shape index (κ2) is 21.5. The fourth-order valence-corrected chi connectivity index (χ4v) is 14.6. The second-order valence-electron chi connectivity index (χ2n) is 21.8. The number of likely N-dealkylation sites (N-methyl/N-ethyl adjacent to an activating group) is 2. The molecular weight excluding hydrogens is 929 g/mol. The molecule has 2 aliphatic carbocycles. The van der Waals surface area contributed by atoms with Crippen LogP contribution in [0.25, 0.3) is 0 Å². The van der Waals surface area contributed by atoms with Crippen LogP contribution in [0.5, 0.6) is 0 Å². The number of nitrogens with one attached hydrogen (secondary N) is 6. The number of rotatable bonds is 17. The predicted molar refractivity (Wildman–Crippen MR) is 271 cm³/mol. The minimum Gasteiger partial charge on any atom is -0.375 e. The van der Waals surface area contributed by atoms with Gasteiger partial charge in [0.1, 0.15) is 24.2 Å². The first kappa shape index (κ1) is 52.1. The van der Waals surface area contributed by atoms with Crippen LogP contribution in [0.1, 0.15) is 114 Å². The van der Waals surface area contributed by atoms with E-state index in [2.05, 4.69) is 44.0 Å². The summed E-state index contributed by atoms with van der Waals surface area (Å²) in [6.07, 6.45) is 4.37. The predicted octanol–water partition coefficient (Wildman–Crippen LogP) is 3.73. The summed E-state index contributed by atoms with van der Waals surface area (Å²) in [6, 6.07) is 12.5. The van der Waals surface area contributed by atoms with Gasteiger partial charge in [-0.2, -0.15) is 0 Å². The number of hydrogen-bond donors (Lipinski definition) is 6. The molecule has 4 saturated heterocycles. The van der Waals surface area contributed by atoms with Crippen molar-refractivity contribution in [1.82, 2.24) is 41.7 Å². The summed E-state index contributed by atoms with van der Waals surface area (Å²) in [6.45, 7) is 12.7. The molecule has 0 aromatic heterocycles. The number of carbonyl (C=O) groups excluding carboxylic acids is 6. The van der Waals surface area contributed by atoms with Crippen molar-refractivity contribution >= 4 is 59.0 Å². The molecule has 4 aliphatic heterocycles. The first-order valence-electron chi connectivity index (χ1n) is 25.2. The summed E-state index contributed by atoms with van der Waals surface area (Å²) < 4.78 is 13.2. The number of thioether (sulfide) groups is 2. The van der Waals surface area contributed by atoms with E-state index in [1.807, 2.05) is 64.1 Å². The quantitative estimate of drug-likeness (QED) is 0.126. The molecule has 70 heavy (non-hydrogen) atoms. The van der Waals surface area contributed by atoms with E-state index in [9.17, 15) is 28.8 Å². The van der Waals surface area contributed by atoms with Crippen LogP contribution < -0.4 is 31.9 Å². The summed E-state index contributed by atoms with van der Waals surface area (Å²) in [5.74, 6) is -0.0103. The lowest BCUT2D eigenvalue weighted by atomic mass is 9.83. The average Bonchev–Trinajstić information content (AvgIpc) is 3.96. The highest BCUT2D eigenvalue weighted by atomic mass is 32.2. The van der Waals surface area contributed by atoms with E-state index in [1.54, 1.807) is 61.3 Å². The third kappa shape index (κ3) is 10.8. The van der Waals surface area contributed by atoms with Gasteiger partial charge in [0.15, 0.2) is 0 Å². The molecular formula is C52H74N8O8S2. The number of nitrogens with zero attached hydrogens (tertiary/aromatic N) is 2. The van der Waals surface area contributed by atoms with Crippen LogP contribution >= 0.6 is 23.5 Å². The molecule has 0 radical (unpaired) electrons. The van der Waals surface area contributed by atoms with Gasteiger partial charge in [0.05, 0.1) is 47.1 Å². The maximum absolute atomic E-state index is 14.7. The van der Waals surface area contributed by atoms with Crippen LogP contribution in [0, 0.1) is 10.8 Å². The van der Waals surface area contributed by atoms with Gasteiger partial charge in [-0.15, -0.1) is 23.5 Å². The minimum absolute atomic E-state index is 0.103. The van der Waals surface area contributed by atoms with Gasteiger partial charge in [-0.3, -0.25) is 28.8 Å². The topological polar surface area (TPSA) is 200 Å². The largest absolute Gasteiger partial charge is 0.375 e. The maximum atomic E-state index is 14.7. The number of benzene rings is 2. The molecule has 0 bridgehead atoms. The molecule has 0 unspecified atom stereocenters. The van der Waals surface area contributed by atoms with Gasteiger partial charge in [0, 0.05) is 26.1 Å². The lowest BCUT2D eigenvalue weighted by molar-refractivity contribution is -0.144. The Labute approximate surface area is 421 Å². The number of carbonyl (C=O) groups is 6. The number of ether oxygens (including phenoxy) is 2. The van der Waals surface area contributed by atoms with E-state index in [-0.39, 0.29) is 64.9 Å². The smallest absolute Gasteiger partial charge is 0.246 e. The molecule has 382 valence electrons. The van der Waals surface area contributed by atoms with Gasteiger partial charge in [-0.1, -0.05) is 76.2 Å². The monoisotopic (exact) mass is 1000 g/mol. The average molecular weight is 1000 g/mol. The molecule has 6 N–H and O–H groups in total. The van der Waals surface area contributed by atoms with Crippen LogP contribution in [-0.4, -0.2) is 143 Å². The lowest BCUT2D eigenvalue weighted by Crippen LogP contribution is -2.60. The normalized spacial score (nSPS) is 29.8. The van der Waals surface area contributed by atoms with Gasteiger partial charge in [0.25, 0.3) is 0 Å². The van der Waals surface area contributed by atoms with E-state index in [4.69, 9.17) is 9.47 Å². The van der Waals surface area contributed by atoms with Crippen LogP contribution in [0.4, 0.5) is 0 Å². The fraction of sp³-hybridized carbons (Fsp3) is 0.654. The van der Waals surface area contributed by atoms with Gasteiger partial charge < -0.3 is 51.2 Å². The summed E-state index contributed by atoms with van der Waals surface area (Å²) in [7, 11) is 3.40. The Bertz CT molecular complexity index is 2300. The van der Waals surface area contributed by atoms with E-state index >= 15 is 0 Å². The van der Waals surface area contributed by atoms with Crippen molar-refractivity contribution < 1.29 is 38.2 Å². The Morgan fingerprint density at radius 3 is 1.56 bits per heavy atom. The Morgan fingerprint density at radius 1 is 0.671 bits per heavy atom. The van der Waals surface area contributed by atoms with Crippen molar-refractivity contribution in [1.29, 1.82) is 0 Å². The highest BCUT2D eigenvalue weighted by Gasteiger charge is 2.57. The molecule has 4 fully saturated rings. The van der Waals surface area contributed by atoms with Crippen molar-refractivity contribution in [2.24, 2.45) is 10.8 Å². The minimum atomic E-state index is -0.863. The van der Waals surface area contributed by atoms with Crippen molar-refractivity contribution in [3.8, 4) is 0 Å². The zero-order valence-corrected chi connectivity index (χ0v) is 43.7. The van der Waals surface area contributed by atoms with Gasteiger partial charge in [-0.25, -0.2) is 0 Å². The molecule has 16 nitrogen and oxygen atoms in total. The number of fused-ring (bicyclic) bond motifs is 4. The first-order chi connectivity index (χ1) is 33.3. The molecule has 6 aliphatic rings. The van der Waals surface area contributed by atoms with E-state index in [1.165, 1.54) is 0 Å². The Hall–Kier alpha value is -4.20. The third-order valence-corrected chi connectivity index (χ3v) is 17.9. The van der Waals surface area contributed by atoms with E-state index in [0.29, 0.717) is 76.1 Å². The highest BCUT2D eigenvalue weighted by molar-refractivity contribution is 8.00. The molecule has 6 amide bonds. The number of amides is 6. The summed E-state index contributed by atoms with van der Waals surface area (Å²) in [5, 5.41) is 18.1. The third-order valence-electron chi connectivity index (χ3n) is 15.4. The Kier molecular flexibility index (Phi) is 16.0. The molecule has 2 aromatic carbocycles. The fourth-order valence-electron chi connectivity index (χ4n) is 11.5. The number of hydrogen-bond acceptors (Lipinski definition) is 12. The molecule has 4 heterocycles. The lowest BCUT2D eigenvalue weighted by Gasteiger charge is -2.36. The van der Waals surface area contributed by atoms with Crippen molar-refractivity contribution in [2.75, 3.05) is 45.4 Å². The van der Waals surface area contributed by atoms with Crippen molar-refractivity contribution in [3.63, 3.8) is 0 Å². The van der Waals surface area contributed by atoms with Crippen LogP contribution in [0.15, 0.2) is 48.5 Å². The Balaban J connectivity index is 0.883. The SMILES string of the molecule is CNCC(=O)N[C@H]1CCS[C@H]2CC(C)(C)[C@@H](C(=O)N[C@H]3c4ccccc4C[C@H]3OCCCCO[C@@H]3Cc4ccccc4[C@@H]3NC(=O)[C@H]3N4C(=O)[C@@H](NC(=O)C(C)(C)NC)CCS[C@H]4CC3(C)C)N2C1=O. The van der Waals surface area contributed by atoms with Crippen molar-refractivity contribution in [2.45, 2.75) is 158 Å². The molecule has 8 rings (SSSR count). The molecule has 0 spiro atoms. The highest BCUT2D eigenvalue weighted by Crippen LogP contribution is 2.48. The van der Waals surface area contributed by atoms with Gasteiger partial charge in [0.2, 0.25) is 35.4 Å². The molecule has 0 saturated carbocycles. The standard InChI is InChI=1S/C52H74N8O8S2/c1-50(2)27-39-59(47(64)34(19-23-69-39)55-38(61)29-53-7)43(50)45(62)57-41-32-17-11-9-15-30(32)25-36(41)67-21-13-14-22-68-37-26-31-16-10-12-18-33(31)42(37)58-46(63)44-51(3,4)28-40-60(44)48(65)35(20-24-70-40)56-49(66)52(5,6)54-8/h9-12,15-18,34-37,39-44,53-54H,13-14,19-29H2,1-8H3,(H,55,61)(H,56,66)(H,57,62)(H,58,63)/t34-,35-,36+,37+,39-,40-,41-,42-,43+,44+/m0/s1. The molecule has 18 heteroatoms. The van der Waals surface area contributed by atoms with Crippen LogP contribution in [0.3, 0.4) is 0 Å². The summed E-state index contributed by atoms with van der Waals surface area (Å²) in [4.78, 5) is 86.9. The van der Waals surface area contributed by atoms with Crippen LogP contribution in [0.2, 0.25) is 0 Å². The first-order valence-corrected chi connectivity index (χ1v) is 27.3. The molecule has 10 atom stereocenters. The molecule has 2 aromatic rings. The summed E-state index contributed by atoms with van der Waals surface area (Å²) >= 11 is 3.35. The van der Waals surface area contributed by atoms with Crippen molar-refractivity contribution in [3.05, 3.63) is 70.8 Å². The Morgan fingerprint density at radius 2 is 1.11 bits per heavy atom. The second-order valence-corrected chi connectivity index (χ2v) is 24.3. The number of unbranched alkanes of at least 4 members (excludes halogenated alkanes) is 1. The maximum Gasteiger partial charge on any atom is 0.246 e. The van der Waals surface area contributed by atoms with Gasteiger partial charge in [-0.05, 0) is 111 Å². The van der Waals surface area contributed by atoms with E-state index < -0.39 is 52.6 Å². The zero-order chi connectivity index (χ0) is 50.1. The zero-order valence-electron chi connectivity index (χ0n) is 42.1. The van der Waals surface area contributed by atoms with Gasteiger partial charge >= 0.3 is 0 Å². The summed E-state index contributed by atoms with van der Waals surface area (Å²) in [5.41, 5.74) is 2.37. The van der Waals surface area contributed by atoms with Crippen LogP contribution in [-0.2, 0) is 51.1 Å². The van der Waals surface area contributed by atoms with E-state index in [0.717, 1.165) is 22.3 Å².